The van der Waals surface area contributed by atoms with Crippen LogP contribution in [-0.4, -0.2) is 26.6 Å². The van der Waals surface area contributed by atoms with Crippen molar-refractivity contribution in [2.24, 2.45) is 0 Å². The van der Waals surface area contributed by atoms with E-state index in [9.17, 15) is 9.59 Å². The molecule has 0 saturated carbocycles. The molecule has 3 aromatic heterocycles. The van der Waals surface area contributed by atoms with E-state index in [4.69, 9.17) is 4.42 Å². The molecule has 0 unspecified atom stereocenters. The van der Waals surface area contributed by atoms with Crippen molar-refractivity contribution in [1.82, 2.24) is 20.1 Å². The molecule has 2 aromatic carbocycles. The molecule has 34 heavy (non-hydrogen) atoms. The third kappa shape index (κ3) is 4.50. The van der Waals surface area contributed by atoms with Gasteiger partial charge in [-0.3, -0.25) is 9.59 Å². The van der Waals surface area contributed by atoms with Crippen molar-refractivity contribution in [3.63, 3.8) is 0 Å². The Balaban J connectivity index is 1.40. The lowest BCUT2D eigenvalue weighted by atomic mass is 10.1. The van der Waals surface area contributed by atoms with Crippen LogP contribution in [0.2, 0.25) is 0 Å². The van der Waals surface area contributed by atoms with Gasteiger partial charge in [-0.2, -0.15) is 0 Å². The fourth-order valence-corrected chi connectivity index (χ4v) is 4.07. The number of rotatable bonds is 7. The van der Waals surface area contributed by atoms with Gasteiger partial charge in [0.05, 0.1) is 34.6 Å². The number of para-hydroxylation sites is 2. The highest BCUT2D eigenvalue weighted by Gasteiger charge is 2.21. The quantitative estimate of drug-likeness (QED) is 0.357. The SMILES string of the molecule is O=C(Nc1ccccc1C(=O)NCc1ccco1)c1nc(-c2cccs2)n(-c2ccccc2)n1. The maximum absolute atomic E-state index is 13.1. The van der Waals surface area contributed by atoms with Crippen LogP contribution in [0.1, 0.15) is 26.7 Å². The largest absolute Gasteiger partial charge is 0.467 e. The van der Waals surface area contributed by atoms with Gasteiger partial charge in [-0.05, 0) is 47.8 Å². The number of carbonyl (C=O) groups is 2. The normalized spacial score (nSPS) is 10.7. The van der Waals surface area contributed by atoms with E-state index in [-0.39, 0.29) is 18.3 Å². The van der Waals surface area contributed by atoms with Crippen LogP contribution >= 0.6 is 11.3 Å². The zero-order valence-electron chi connectivity index (χ0n) is 17.8. The predicted molar refractivity (Wildman–Crippen MR) is 129 cm³/mol. The van der Waals surface area contributed by atoms with Crippen LogP contribution in [0.3, 0.4) is 0 Å². The number of anilines is 1. The molecule has 2 N–H and O–H groups in total. The lowest BCUT2D eigenvalue weighted by molar-refractivity contribution is 0.0949. The third-order valence-corrected chi connectivity index (χ3v) is 5.84. The average Bonchev–Trinajstić information content (AvgIpc) is 3.65. The minimum Gasteiger partial charge on any atom is -0.467 e. The summed E-state index contributed by atoms with van der Waals surface area (Å²) in [6, 6.07) is 23.6. The smallest absolute Gasteiger partial charge is 0.295 e. The number of furan rings is 1. The number of nitrogens with one attached hydrogen (secondary N) is 2. The van der Waals surface area contributed by atoms with E-state index in [1.165, 1.54) is 11.3 Å². The highest BCUT2D eigenvalue weighted by Crippen LogP contribution is 2.26. The summed E-state index contributed by atoms with van der Waals surface area (Å²) in [6.07, 6.45) is 1.54. The molecule has 0 saturated heterocycles. The Kier molecular flexibility index (Phi) is 6.00. The molecule has 9 heteroatoms. The van der Waals surface area contributed by atoms with Crippen LogP contribution in [0.15, 0.2) is 94.9 Å². The Bertz CT molecular complexity index is 1410. The Morgan fingerprint density at radius 3 is 2.50 bits per heavy atom. The highest BCUT2D eigenvalue weighted by atomic mass is 32.1. The lowest BCUT2D eigenvalue weighted by Gasteiger charge is -2.10. The Hall–Kier alpha value is -4.50. The summed E-state index contributed by atoms with van der Waals surface area (Å²) >= 11 is 1.51. The molecule has 8 nitrogen and oxygen atoms in total. The van der Waals surface area contributed by atoms with Gasteiger partial charge in [0.2, 0.25) is 5.82 Å². The first kappa shape index (κ1) is 21.4. The maximum Gasteiger partial charge on any atom is 0.295 e. The van der Waals surface area contributed by atoms with E-state index in [2.05, 4.69) is 20.7 Å². The molecule has 5 aromatic rings. The summed E-state index contributed by atoms with van der Waals surface area (Å²) in [4.78, 5) is 31.2. The minimum absolute atomic E-state index is 0.00181. The minimum atomic E-state index is -0.515. The van der Waals surface area contributed by atoms with E-state index in [1.807, 2.05) is 47.8 Å². The predicted octanol–water partition coefficient (Wildman–Crippen LogP) is 4.77. The second kappa shape index (κ2) is 9.55. The first-order valence-corrected chi connectivity index (χ1v) is 11.3. The summed E-state index contributed by atoms with van der Waals surface area (Å²) in [5.41, 5.74) is 1.47. The fourth-order valence-electron chi connectivity index (χ4n) is 3.37. The molecule has 2 amide bonds. The van der Waals surface area contributed by atoms with E-state index in [0.717, 1.165) is 10.6 Å². The lowest BCUT2D eigenvalue weighted by Crippen LogP contribution is -2.25. The molecular weight excluding hydrogens is 450 g/mol. The van der Waals surface area contributed by atoms with Crippen LogP contribution in [0, 0.1) is 0 Å². The summed E-state index contributed by atoms with van der Waals surface area (Å²) in [5, 5.41) is 12.0. The van der Waals surface area contributed by atoms with E-state index in [0.29, 0.717) is 22.8 Å². The molecule has 0 aliphatic rings. The number of hydrogen-bond acceptors (Lipinski definition) is 6. The van der Waals surface area contributed by atoms with Gasteiger partial charge in [0.15, 0.2) is 5.82 Å². The van der Waals surface area contributed by atoms with E-state index >= 15 is 0 Å². The zero-order chi connectivity index (χ0) is 23.3. The highest BCUT2D eigenvalue weighted by molar-refractivity contribution is 7.13. The fraction of sp³-hybridized carbons (Fsp3) is 0.0400. The Labute approximate surface area is 198 Å². The van der Waals surface area contributed by atoms with Gasteiger partial charge in [-0.25, -0.2) is 9.67 Å². The molecule has 0 atom stereocenters. The Morgan fingerprint density at radius 1 is 0.912 bits per heavy atom. The van der Waals surface area contributed by atoms with Crippen LogP contribution in [-0.2, 0) is 6.54 Å². The van der Waals surface area contributed by atoms with Crippen molar-refractivity contribution in [2.45, 2.75) is 6.54 Å². The molecule has 0 spiro atoms. The molecule has 0 radical (unpaired) electrons. The summed E-state index contributed by atoms with van der Waals surface area (Å²) < 4.78 is 6.89. The molecule has 0 aliphatic carbocycles. The van der Waals surface area contributed by atoms with Gasteiger partial charge < -0.3 is 15.1 Å². The number of benzene rings is 2. The van der Waals surface area contributed by atoms with Crippen molar-refractivity contribution >= 4 is 28.8 Å². The van der Waals surface area contributed by atoms with E-state index in [1.54, 1.807) is 47.3 Å². The van der Waals surface area contributed by atoms with Crippen molar-refractivity contribution < 1.29 is 14.0 Å². The number of carbonyl (C=O) groups excluding carboxylic acids is 2. The van der Waals surface area contributed by atoms with Crippen LogP contribution < -0.4 is 10.6 Å². The van der Waals surface area contributed by atoms with Gasteiger partial charge >= 0.3 is 0 Å². The van der Waals surface area contributed by atoms with Gasteiger partial charge in [-0.15, -0.1) is 16.4 Å². The van der Waals surface area contributed by atoms with Gasteiger partial charge in [-0.1, -0.05) is 36.4 Å². The standard InChI is InChI=1S/C25H19N5O3S/c31-24(26-16-18-10-6-14-33-18)19-11-4-5-12-20(19)27-25(32)22-28-23(21-13-7-15-34-21)30(29-22)17-8-2-1-3-9-17/h1-15H,16H2,(H,26,31)(H,27,32). The number of aromatic nitrogens is 3. The van der Waals surface area contributed by atoms with Gasteiger partial charge in [0.25, 0.3) is 11.8 Å². The molecule has 0 bridgehead atoms. The van der Waals surface area contributed by atoms with Crippen LogP contribution in [0.5, 0.6) is 0 Å². The van der Waals surface area contributed by atoms with E-state index < -0.39 is 5.91 Å². The number of thiophene rings is 1. The van der Waals surface area contributed by atoms with Crippen molar-refractivity contribution in [1.29, 1.82) is 0 Å². The monoisotopic (exact) mass is 469 g/mol. The van der Waals surface area contributed by atoms with Crippen LogP contribution in [0.25, 0.3) is 16.4 Å². The summed E-state index contributed by atoms with van der Waals surface area (Å²) in [6.45, 7) is 0.237. The number of amides is 2. The topological polar surface area (TPSA) is 102 Å². The second-order valence-corrected chi connectivity index (χ2v) is 8.19. The Morgan fingerprint density at radius 2 is 1.74 bits per heavy atom. The molecule has 168 valence electrons. The number of nitrogens with zero attached hydrogens (tertiary/aromatic N) is 3. The molecule has 0 aliphatic heterocycles. The summed E-state index contributed by atoms with van der Waals surface area (Å²) in [5.74, 6) is 0.341. The van der Waals surface area contributed by atoms with Crippen molar-refractivity contribution in [2.75, 3.05) is 5.32 Å². The van der Waals surface area contributed by atoms with Crippen molar-refractivity contribution in [3.05, 3.63) is 108 Å². The first-order chi connectivity index (χ1) is 16.7. The number of hydrogen-bond donors (Lipinski definition) is 2. The van der Waals surface area contributed by atoms with Crippen LogP contribution in [0.4, 0.5) is 5.69 Å². The molecule has 0 fully saturated rings. The van der Waals surface area contributed by atoms with Crippen molar-refractivity contribution in [3.8, 4) is 16.4 Å². The summed E-state index contributed by atoms with van der Waals surface area (Å²) in [7, 11) is 0. The second-order valence-electron chi connectivity index (χ2n) is 7.25. The third-order valence-electron chi connectivity index (χ3n) is 4.98. The molecule has 3 heterocycles. The van der Waals surface area contributed by atoms with Gasteiger partial charge in [0, 0.05) is 0 Å². The maximum atomic E-state index is 13.1. The van der Waals surface area contributed by atoms with Gasteiger partial charge in [0.1, 0.15) is 5.76 Å². The average molecular weight is 470 g/mol. The molecular formula is C25H19N5O3S. The molecule has 5 rings (SSSR count). The first-order valence-electron chi connectivity index (χ1n) is 10.5. The zero-order valence-corrected chi connectivity index (χ0v) is 18.7.